The number of nitrogens with one attached hydrogen (secondary N) is 2. The van der Waals surface area contributed by atoms with Crippen LogP contribution in [0.4, 0.5) is 0 Å². The zero-order valence-corrected chi connectivity index (χ0v) is 13.6. The Hall–Kier alpha value is -2.17. The number of carbonyl (C=O) groups excluding carboxylic acids is 1. The molecule has 2 aromatic rings. The maximum atomic E-state index is 12.1. The van der Waals surface area contributed by atoms with E-state index in [2.05, 4.69) is 10.6 Å². The van der Waals surface area contributed by atoms with Gasteiger partial charge in [-0.05, 0) is 25.0 Å². The van der Waals surface area contributed by atoms with Crippen molar-refractivity contribution in [2.45, 2.75) is 32.0 Å². The Morgan fingerprint density at radius 3 is 2.22 bits per heavy atom. The van der Waals surface area contributed by atoms with Crippen molar-refractivity contribution in [2.75, 3.05) is 6.54 Å². The van der Waals surface area contributed by atoms with Crippen LogP contribution in [0, 0.1) is 0 Å². The fraction of sp³-hybridized carbons (Fsp3) is 0.316. The summed E-state index contributed by atoms with van der Waals surface area (Å²) < 4.78 is 0. The van der Waals surface area contributed by atoms with Gasteiger partial charge in [-0.25, -0.2) is 0 Å². The van der Waals surface area contributed by atoms with Gasteiger partial charge in [-0.15, -0.1) is 0 Å². The molecule has 2 rings (SSSR count). The van der Waals surface area contributed by atoms with E-state index in [0.717, 1.165) is 11.1 Å². The number of hydrogen-bond donors (Lipinski definition) is 3. The molecule has 0 aliphatic rings. The Bertz CT molecular complexity index is 612. The SMILES string of the molecule is CC(C)(NC[C@H](O)c1ccccc1)NC(=O)Cc1ccccc1. The summed E-state index contributed by atoms with van der Waals surface area (Å²) in [4.78, 5) is 12.1. The van der Waals surface area contributed by atoms with E-state index in [4.69, 9.17) is 0 Å². The third kappa shape index (κ3) is 5.85. The Kier molecular flexibility index (Phi) is 5.90. The Balaban J connectivity index is 1.83. The maximum Gasteiger partial charge on any atom is 0.225 e. The van der Waals surface area contributed by atoms with Crippen molar-refractivity contribution < 1.29 is 9.90 Å². The van der Waals surface area contributed by atoms with Crippen molar-refractivity contribution in [3.05, 3.63) is 71.8 Å². The Morgan fingerprint density at radius 1 is 1.04 bits per heavy atom. The predicted molar refractivity (Wildman–Crippen MR) is 91.8 cm³/mol. The number of hydrogen-bond acceptors (Lipinski definition) is 3. The van der Waals surface area contributed by atoms with Crippen LogP contribution in [0.3, 0.4) is 0 Å². The molecule has 4 nitrogen and oxygen atoms in total. The lowest BCUT2D eigenvalue weighted by Gasteiger charge is -2.29. The van der Waals surface area contributed by atoms with Gasteiger partial charge in [-0.3, -0.25) is 10.1 Å². The minimum Gasteiger partial charge on any atom is -0.387 e. The molecule has 0 fully saturated rings. The Morgan fingerprint density at radius 2 is 1.61 bits per heavy atom. The minimum atomic E-state index is -0.610. The highest BCUT2D eigenvalue weighted by Gasteiger charge is 2.21. The molecular weight excluding hydrogens is 288 g/mol. The second-order valence-electron chi connectivity index (χ2n) is 6.14. The first-order valence-corrected chi connectivity index (χ1v) is 7.79. The lowest BCUT2D eigenvalue weighted by atomic mass is 10.1. The molecule has 0 saturated heterocycles. The number of rotatable bonds is 7. The van der Waals surface area contributed by atoms with E-state index in [0.29, 0.717) is 13.0 Å². The van der Waals surface area contributed by atoms with Crippen LogP contribution in [0.2, 0.25) is 0 Å². The highest BCUT2D eigenvalue weighted by atomic mass is 16.3. The number of aliphatic hydroxyl groups excluding tert-OH is 1. The van der Waals surface area contributed by atoms with Crippen molar-refractivity contribution in [1.82, 2.24) is 10.6 Å². The Labute approximate surface area is 137 Å². The van der Waals surface area contributed by atoms with Crippen LogP contribution in [-0.4, -0.2) is 23.2 Å². The smallest absolute Gasteiger partial charge is 0.225 e. The highest BCUT2D eigenvalue weighted by Crippen LogP contribution is 2.12. The van der Waals surface area contributed by atoms with Crippen LogP contribution < -0.4 is 10.6 Å². The molecule has 0 aliphatic carbocycles. The van der Waals surface area contributed by atoms with Gasteiger partial charge in [0.25, 0.3) is 0 Å². The van der Waals surface area contributed by atoms with E-state index < -0.39 is 11.8 Å². The molecule has 2 aromatic carbocycles. The largest absolute Gasteiger partial charge is 0.387 e. The van der Waals surface area contributed by atoms with Crippen LogP contribution >= 0.6 is 0 Å². The van der Waals surface area contributed by atoms with Crippen LogP contribution in [0.5, 0.6) is 0 Å². The molecule has 0 spiro atoms. The van der Waals surface area contributed by atoms with Gasteiger partial charge < -0.3 is 10.4 Å². The predicted octanol–water partition coefficient (Wildman–Crippen LogP) is 2.40. The van der Waals surface area contributed by atoms with Gasteiger partial charge >= 0.3 is 0 Å². The molecule has 0 unspecified atom stereocenters. The summed E-state index contributed by atoms with van der Waals surface area (Å²) in [5.41, 5.74) is 1.23. The lowest BCUT2D eigenvalue weighted by Crippen LogP contribution is -2.55. The molecule has 3 N–H and O–H groups in total. The van der Waals surface area contributed by atoms with Crippen LogP contribution in [-0.2, 0) is 11.2 Å². The minimum absolute atomic E-state index is 0.0529. The monoisotopic (exact) mass is 312 g/mol. The lowest BCUT2D eigenvalue weighted by molar-refractivity contribution is -0.122. The quantitative estimate of drug-likeness (QED) is 0.688. The third-order valence-electron chi connectivity index (χ3n) is 3.58. The number of benzene rings is 2. The summed E-state index contributed by atoms with van der Waals surface area (Å²) in [6.45, 7) is 4.13. The van der Waals surface area contributed by atoms with E-state index in [1.807, 2.05) is 74.5 Å². The maximum absolute atomic E-state index is 12.1. The normalized spacial score (nSPS) is 12.7. The second kappa shape index (κ2) is 7.90. The van der Waals surface area contributed by atoms with Crippen molar-refractivity contribution in [2.24, 2.45) is 0 Å². The average molecular weight is 312 g/mol. The standard InChI is InChI=1S/C19H24N2O2/c1-19(2,20-14-17(22)16-11-7-4-8-12-16)21-18(23)13-15-9-5-3-6-10-15/h3-12,17,20,22H,13-14H2,1-2H3,(H,21,23)/t17-/m0/s1. The van der Waals surface area contributed by atoms with Gasteiger partial charge in [0.05, 0.1) is 18.2 Å². The van der Waals surface area contributed by atoms with E-state index >= 15 is 0 Å². The van der Waals surface area contributed by atoms with Gasteiger partial charge in [-0.1, -0.05) is 60.7 Å². The summed E-state index contributed by atoms with van der Waals surface area (Å²) in [6.07, 6.45) is -0.269. The molecule has 23 heavy (non-hydrogen) atoms. The van der Waals surface area contributed by atoms with Crippen LogP contribution in [0.25, 0.3) is 0 Å². The molecule has 0 radical (unpaired) electrons. The topological polar surface area (TPSA) is 61.4 Å². The van der Waals surface area contributed by atoms with E-state index in [1.54, 1.807) is 0 Å². The van der Waals surface area contributed by atoms with E-state index in [-0.39, 0.29) is 5.91 Å². The molecule has 0 aromatic heterocycles. The van der Waals surface area contributed by atoms with Crippen molar-refractivity contribution in [3.63, 3.8) is 0 Å². The van der Waals surface area contributed by atoms with Crippen molar-refractivity contribution in [3.8, 4) is 0 Å². The van der Waals surface area contributed by atoms with E-state index in [9.17, 15) is 9.90 Å². The van der Waals surface area contributed by atoms with Crippen LogP contribution in [0.15, 0.2) is 60.7 Å². The first kappa shape index (κ1) is 17.2. The number of aliphatic hydroxyl groups is 1. The highest BCUT2D eigenvalue weighted by molar-refractivity contribution is 5.79. The molecular formula is C19H24N2O2. The molecule has 0 saturated carbocycles. The summed E-state index contributed by atoms with van der Waals surface area (Å²) in [5, 5.41) is 16.3. The molecule has 0 heterocycles. The molecule has 122 valence electrons. The summed E-state index contributed by atoms with van der Waals surface area (Å²) in [7, 11) is 0. The van der Waals surface area contributed by atoms with Gasteiger partial charge in [-0.2, -0.15) is 0 Å². The number of carbonyl (C=O) groups is 1. The van der Waals surface area contributed by atoms with Crippen molar-refractivity contribution >= 4 is 5.91 Å². The third-order valence-corrected chi connectivity index (χ3v) is 3.58. The summed E-state index contributed by atoms with van der Waals surface area (Å²) in [6, 6.07) is 19.1. The first-order valence-electron chi connectivity index (χ1n) is 7.79. The summed E-state index contributed by atoms with van der Waals surface area (Å²) in [5.74, 6) is -0.0529. The zero-order valence-electron chi connectivity index (χ0n) is 13.6. The first-order chi connectivity index (χ1) is 11.0. The second-order valence-corrected chi connectivity index (χ2v) is 6.14. The summed E-state index contributed by atoms with van der Waals surface area (Å²) >= 11 is 0. The van der Waals surface area contributed by atoms with Gasteiger partial charge in [0.1, 0.15) is 0 Å². The van der Waals surface area contributed by atoms with Gasteiger partial charge in [0.15, 0.2) is 0 Å². The fourth-order valence-corrected chi connectivity index (χ4v) is 2.36. The average Bonchev–Trinajstić information content (AvgIpc) is 2.54. The fourth-order valence-electron chi connectivity index (χ4n) is 2.36. The molecule has 1 amide bonds. The van der Waals surface area contributed by atoms with Gasteiger partial charge in [0.2, 0.25) is 5.91 Å². The van der Waals surface area contributed by atoms with Gasteiger partial charge in [0, 0.05) is 6.54 Å². The molecule has 0 aliphatic heterocycles. The number of amides is 1. The van der Waals surface area contributed by atoms with Crippen molar-refractivity contribution in [1.29, 1.82) is 0 Å². The molecule has 1 atom stereocenters. The van der Waals surface area contributed by atoms with E-state index in [1.165, 1.54) is 0 Å². The van der Waals surface area contributed by atoms with Crippen LogP contribution in [0.1, 0.15) is 31.1 Å². The molecule has 0 bridgehead atoms. The zero-order chi connectivity index (χ0) is 16.7. The molecule has 4 heteroatoms.